The second-order valence-electron chi connectivity index (χ2n) is 0. The third kappa shape index (κ3) is 19.2. The number of rotatable bonds is 0. The molecule has 0 amide bonds. The molecule has 0 radical (unpaired) electrons. The fraction of sp³-hybridized carbons (Fsp3) is 0. The minimum Gasteiger partial charge on any atom is -2.00 e. The van der Waals surface area contributed by atoms with Crippen molar-refractivity contribution in [3.8, 4) is 0 Å². The Morgan fingerprint density at radius 2 is 0.800 bits per heavy atom. The molecule has 5 heavy (non-hydrogen) atoms. The molecule has 0 aliphatic heterocycles. The van der Waals surface area contributed by atoms with Crippen molar-refractivity contribution >= 4 is 48.9 Å². The summed E-state index contributed by atoms with van der Waals surface area (Å²) >= 11 is 0. The number of hydrogen-bond donors (Lipinski definition) is 0. The van der Waals surface area contributed by atoms with E-state index in [1.165, 1.54) is 0 Å². The molecule has 0 fully saturated rings. The summed E-state index contributed by atoms with van der Waals surface area (Å²) in [5.74, 6) is 0. The van der Waals surface area contributed by atoms with E-state index in [4.69, 9.17) is 0 Å². The Kier molecular flexibility index (Phi) is 232. The first kappa shape index (κ1) is 42.3. The van der Waals surface area contributed by atoms with E-state index in [1.54, 1.807) is 0 Å². The van der Waals surface area contributed by atoms with Gasteiger partial charge in [-0.15, -0.1) is 0 Å². The molecule has 0 aromatic heterocycles. The topological polar surface area (TPSA) is 57.0 Å². The minimum absolute atomic E-state index is 0. The molecule has 2 nitrogen and oxygen atoms in total. The monoisotopic (exact) mass is 257 g/mol. The maximum atomic E-state index is 0. The summed E-state index contributed by atoms with van der Waals surface area (Å²) in [6, 6.07) is 0. The van der Waals surface area contributed by atoms with Crippen LogP contribution in [0.25, 0.3) is 0 Å². The maximum Gasteiger partial charge on any atom is 2.00 e. The van der Waals surface area contributed by atoms with E-state index >= 15 is 0 Å². The third-order valence-electron chi connectivity index (χ3n) is 0. The van der Waals surface area contributed by atoms with Crippen molar-refractivity contribution in [2.75, 3.05) is 0 Å². The first-order chi connectivity index (χ1) is 0. The Labute approximate surface area is 106 Å². The van der Waals surface area contributed by atoms with Crippen molar-refractivity contribution in [2.24, 2.45) is 0 Å². The van der Waals surface area contributed by atoms with Gasteiger partial charge in [0.15, 0.2) is 0 Å². The molecule has 0 atom stereocenters. The van der Waals surface area contributed by atoms with Crippen LogP contribution in [-0.2, 0) is 30.4 Å². The molecule has 0 aliphatic carbocycles. The molecule has 0 saturated carbocycles. The molecule has 16 valence electrons. The Balaban J connectivity index is 0. The van der Waals surface area contributed by atoms with Gasteiger partial charge in [0.05, 0.1) is 0 Å². The van der Waals surface area contributed by atoms with Gasteiger partial charge in [-0.05, 0) is 0 Å². The van der Waals surface area contributed by atoms with E-state index in [1.807, 2.05) is 0 Å². The fourth-order valence-electron chi connectivity index (χ4n) is 0. The van der Waals surface area contributed by atoms with Gasteiger partial charge in [0.2, 0.25) is 0 Å². The van der Waals surface area contributed by atoms with Gasteiger partial charge in [0.1, 0.15) is 0 Å². The Bertz CT molecular complexity index is 9.61. The molecule has 0 unspecified atom stereocenters. The molecule has 0 aliphatic rings. The van der Waals surface area contributed by atoms with E-state index in [9.17, 15) is 0 Å². The van der Waals surface area contributed by atoms with Crippen LogP contribution >= 0.6 is 0 Å². The summed E-state index contributed by atoms with van der Waals surface area (Å²) < 4.78 is 0. The average molecular weight is 258 g/mol. The molecule has 5 heteroatoms. The van der Waals surface area contributed by atoms with Crippen LogP contribution in [0.4, 0.5) is 0 Å². The predicted octanol–water partition coefficient (Wildman–Crippen LogP) is -3.62. The van der Waals surface area contributed by atoms with E-state index in [2.05, 4.69) is 0 Å². The summed E-state index contributed by atoms with van der Waals surface area (Å²) in [5.41, 5.74) is 0. The zero-order valence-corrected chi connectivity index (χ0v) is 12.6. The first-order valence-corrected chi connectivity index (χ1v) is 0. The summed E-state index contributed by atoms with van der Waals surface area (Å²) in [6.07, 6.45) is 0. The van der Waals surface area contributed by atoms with Crippen LogP contribution in [0.15, 0.2) is 0 Å². The summed E-state index contributed by atoms with van der Waals surface area (Å²) in [5, 5.41) is 0. The van der Waals surface area contributed by atoms with Crippen LogP contribution in [0.2, 0.25) is 0 Å². The standard InChI is InChI=1S/Ba.Na.2O.Zn/q+2;+1;2*-2;+2. The molecule has 0 aromatic carbocycles. The van der Waals surface area contributed by atoms with Gasteiger partial charge < -0.3 is 11.0 Å². The fourth-order valence-corrected chi connectivity index (χ4v) is 0. The second-order valence-corrected chi connectivity index (χ2v) is 0. The molecule has 0 heterocycles. The largest absolute Gasteiger partial charge is 2.00 e. The first-order valence-electron chi connectivity index (χ1n) is 0. The van der Waals surface area contributed by atoms with Gasteiger partial charge in [-0.2, -0.15) is 0 Å². The van der Waals surface area contributed by atoms with E-state index in [-0.39, 0.29) is 109 Å². The van der Waals surface area contributed by atoms with Crippen molar-refractivity contribution in [2.45, 2.75) is 0 Å². The zero-order chi connectivity index (χ0) is 0. The van der Waals surface area contributed by atoms with Gasteiger partial charge >= 0.3 is 97.9 Å². The van der Waals surface area contributed by atoms with Crippen molar-refractivity contribution in [1.29, 1.82) is 0 Å². The predicted molar refractivity (Wildman–Crippen MR) is 7.13 cm³/mol. The smallest absolute Gasteiger partial charge is 2.00 e. The van der Waals surface area contributed by atoms with Crippen LogP contribution in [-0.4, -0.2) is 48.9 Å². The Hall–Kier alpha value is 3.11. The summed E-state index contributed by atoms with van der Waals surface area (Å²) in [6.45, 7) is 0. The summed E-state index contributed by atoms with van der Waals surface area (Å²) in [7, 11) is 0. The van der Waals surface area contributed by atoms with Crippen LogP contribution in [0.5, 0.6) is 0 Å². The molecule has 0 saturated heterocycles. The molecule has 0 rings (SSSR count). The zero-order valence-electron chi connectivity index (χ0n) is 3.23. The van der Waals surface area contributed by atoms with Crippen molar-refractivity contribution in [3.05, 3.63) is 0 Å². The molecular weight excluding hydrogens is 258 g/mol. The SMILES string of the molecule is [Ba+2].[Na+].[O-2].[O-2].[Zn+2]. The van der Waals surface area contributed by atoms with Crippen molar-refractivity contribution in [3.63, 3.8) is 0 Å². The van der Waals surface area contributed by atoms with Gasteiger partial charge in [0.25, 0.3) is 0 Å². The second kappa shape index (κ2) is 27.4. The molecule has 0 spiro atoms. The van der Waals surface area contributed by atoms with Gasteiger partial charge in [-0.25, -0.2) is 0 Å². The van der Waals surface area contributed by atoms with Gasteiger partial charge in [-0.3, -0.25) is 0 Å². The van der Waals surface area contributed by atoms with E-state index in [0.29, 0.717) is 0 Å². The quantitative estimate of drug-likeness (QED) is 0.403. The molecular formula is BaNaO2Zn+. The molecule has 0 aromatic rings. The van der Waals surface area contributed by atoms with E-state index in [0.717, 1.165) is 0 Å². The Morgan fingerprint density at radius 3 is 0.800 bits per heavy atom. The average Bonchev–Trinajstić information content (AvgIpc) is 0. The Morgan fingerprint density at radius 1 is 0.800 bits per heavy atom. The molecule has 0 N–H and O–H groups in total. The third-order valence-corrected chi connectivity index (χ3v) is 0. The van der Waals surface area contributed by atoms with Crippen molar-refractivity contribution < 1.29 is 60.0 Å². The number of hydrogen-bond acceptors (Lipinski definition) is 0. The van der Waals surface area contributed by atoms with E-state index < -0.39 is 0 Å². The van der Waals surface area contributed by atoms with Crippen LogP contribution < -0.4 is 29.6 Å². The normalized spacial score (nSPS) is 0. The molecule has 0 bridgehead atoms. The van der Waals surface area contributed by atoms with Crippen LogP contribution in [0, 0.1) is 0 Å². The van der Waals surface area contributed by atoms with Gasteiger partial charge in [-0.1, -0.05) is 0 Å². The van der Waals surface area contributed by atoms with Crippen LogP contribution in [0.3, 0.4) is 0 Å². The van der Waals surface area contributed by atoms with Crippen LogP contribution in [0.1, 0.15) is 0 Å². The summed E-state index contributed by atoms with van der Waals surface area (Å²) in [4.78, 5) is 0. The minimum atomic E-state index is 0. The maximum absolute atomic E-state index is 0. The van der Waals surface area contributed by atoms with Crippen molar-refractivity contribution in [1.82, 2.24) is 0 Å². The van der Waals surface area contributed by atoms with Gasteiger partial charge in [0, 0.05) is 0 Å².